The zero-order valence-corrected chi connectivity index (χ0v) is 36.1. The highest BCUT2D eigenvalue weighted by Gasteiger charge is 2.52. The Kier molecular flexibility index (Phi) is 12.1. The van der Waals surface area contributed by atoms with Crippen molar-refractivity contribution in [2.45, 2.75) is 104 Å². The maximum Gasteiger partial charge on any atom is 0.494 e. The molecule has 312 valence electrons. The summed E-state index contributed by atoms with van der Waals surface area (Å²) in [7, 11) is -0.371. The Morgan fingerprint density at radius 2 is 1.59 bits per heavy atom. The second kappa shape index (κ2) is 16.7. The molecular weight excluding hydrogens is 753 g/mol. The molecular formula is C43H60BN7O6S. The van der Waals surface area contributed by atoms with Gasteiger partial charge in [0.25, 0.3) is 0 Å². The SMILES string of the molecule is Cc1ncsc1-c1ccc(CNC(=O)[C@@H]2C[C@@H](O)CN2C(=O)C(NC(=O)CN2CC(N3CCN(c4ccc(B5OC(C)(C)C(C)(C)O5)cc4)CC3)C2)C(C)(C)C)cc1. The van der Waals surface area contributed by atoms with Crippen LogP contribution in [0.4, 0.5) is 5.69 Å². The molecule has 4 aliphatic rings. The summed E-state index contributed by atoms with van der Waals surface area (Å²) >= 11 is 1.59. The number of aliphatic hydroxyl groups is 1. The number of anilines is 1. The quantitative estimate of drug-likeness (QED) is 0.248. The monoisotopic (exact) mass is 813 g/mol. The fourth-order valence-corrected chi connectivity index (χ4v) is 9.07. The number of hydrogen-bond acceptors (Lipinski definition) is 11. The number of piperazine rings is 1. The van der Waals surface area contributed by atoms with E-state index in [2.05, 4.69) is 82.3 Å². The molecule has 0 saturated carbocycles. The summed E-state index contributed by atoms with van der Waals surface area (Å²) in [5.41, 5.74) is 5.65. The van der Waals surface area contributed by atoms with Crippen LogP contribution >= 0.6 is 11.3 Å². The predicted octanol–water partition coefficient (Wildman–Crippen LogP) is 3.03. The minimum atomic E-state index is -0.862. The third-order valence-corrected chi connectivity index (χ3v) is 13.6. The van der Waals surface area contributed by atoms with Gasteiger partial charge in [0, 0.05) is 70.5 Å². The number of benzene rings is 2. The normalized spacial score (nSPS) is 23.2. The fraction of sp³-hybridized carbons (Fsp3) is 0.581. The van der Waals surface area contributed by atoms with E-state index >= 15 is 0 Å². The summed E-state index contributed by atoms with van der Waals surface area (Å²) in [6.45, 7) is 21.8. The van der Waals surface area contributed by atoms with E-state index < -0.39 is 23.6 Å². The summed E-state index contributed by atoms with van der Waals surface area (Å²) in [5, 5.41) is 16.6. The van der Waals surface area contributed by atoms with Crippen LogP contribution in [0.5, 0.6) is 0 Å². The van der Waals surface area contributed by atoms with Gasteiger partial charge in [0.15, 0.2) is 0 Å². The molecule has 1 aromatic heterocycles. The number of hydrogen-bond donors (Lipinski definition) is 3. The van der Waals surface area contributed by atoms with Gasteiger partial charge in [-0.25, -0.2) is 4.98 Å². The molecule has 3 aromatic rings. The Morgan fingerprint density at radius 3 is 2.17 bits per heavy atom. The van der Waals surface area contributed by atoms with Crippen molar-refractivity contribution in [3.63, 3.8) is 0 Å². The number of carbonyl (C=O) groups is 3. The molecule has 2 aromatic carbocycles. The van der Waals surface area contributed by atoms with E-state index in [-0.39, 0.29) is 55.6 Å². The summed E-state index contributed by atoms with van der Waals surface area (Å²) < 4.78 is 12.5. The van der Waals surface area contributed by atoms with Crippen LogP contribution in [0.25, 0.3) is 10.4 Å². The number of aliphatic hydroxyl groups excluding tert-OH is 1. The largest absolute Gasteiger partial charge is 0.494 e. The Bertz CT molecular complexity index is 1920. The second-order valence-electron chi connectivity index (χ2n) is 18.5. The van der Waals surface area contributed by atoms with Crippen molar-refractivity contribution in [1.29, 1.82) is 0 Å². The van der Waals surface area contributed by atoms with Gasteiger partial charge < -0.3 is 34.8 Å². The molecule has 1 unspecified atom stereocenters. The third-order valence-electron chi connectivity index (χ3n) is 12.6. The molecule has 13 nitrogen and oxygen atoms in total. The Balaban J connectivity index is 0.862. The molecule has 0 spiro atoms. The number of nitrogens with zero attached hydrogens (tertiary/aromatic N) is 5. The maximum atomic E-state index is 14.1. The van der Waals surface area contributed by atoms with Gasteiger partial charge in [-0.3, -0.25) is 24.2 Å². The van der Waals surface area contributed by atoms with Crippen molar-refractivity contribution >= 4 is 47.3 Å². The minimum Gasteiger partial charge on any atom is -0.399 e. The van der Waals surface area contributed by atoms with Gasteiger partial charge in [0.1, 0.15) is 12.1 Å². The fourth-order valence-electron chi connectivity index (χ4n) is 8.26. The predicted molar refractivity (Wildman–Crippen MR) is 228 cm³/mol. The Morgan fingerprint density at radius 1 is 0.948 bits per heavy atom. The van der Waals surface area contributed by atoms with Crippen molar-refractivity contribution in [3.8, 4) is 10.4 Å². The van der Waals surface area contributed by atoms with E-state index in [1.807, 2.05) is 57.5 Å². The molecule has 4 aliphatic heterocycles. The van der Waals surface area contributed by atoms with E-state index in [0.29, 0.717) is 12.6 Å². The van der Waals surface area contributed by atoms with Gasteiger partial charge >= 0.3 is 7.12 Å². The first kappa shape index (κ1) is 42.3. The molecule has 5 heterocycles. The number of nitrogens with one attached hydrogen (secondary N) is 2. The van der Waals surface area contributed by atoms with E-state index in [1.165, 1.54) is 10.6 Å². The third kappa shape index (κ3) is 9.14. The highest BCUT2D eigenvalue weighted by atomic mass is 32.1. The first-order chi connectivity index (χ1) is 27.4. The lowest BCUT2D eigenvalue weighted by molar-refractivity contribution is -0.144. The standard InChI is InChI=1S/C43H60BN7O6S/c1-28-37(58-27-46-28)30-11-9-29(10-12-30)22-45-39(54)35-21-34(52)25-51(35)40(55)38(41(2,3)4)47-36(53)26-48-23-33(24-48)50-19-17-49(18-20-50)32-15-13-31(14-16-32)44-56-42(5,6)43(7,8)57-44/h9-16,27,33-35,38,52H,17-26H2,1-8H3,(H,45,54)(H,47,53)/t34-,35+,38?/m1/s1. The van der Waals surface area contributed by atoms with E-state index in [9.17, 15) is 19.5 Å². The molecule has 3 amide bonds. The summed E-state index contributed by atoms with van der Waals surface area (Å²) in [4.78, 5) is 54.9. The zero-order valence-electron chi connectivity index (χ0n) is 35.3. The lowest BCUT2D eigenvalue weighted by atomic mass is 9.79. The smallest absolute Gasteiger partial charge is 0.399 e. The molecule has 58 heavy (non-hydrogen) atoms. The number of β-amino-alcohol motifs (C(OH)–C–C–N with tert-alkyl or cyclic N) is 1. The van der Waals surface area contributed by atoms with Gasteiger partial charge in [0.2, 0.25) is 17.7 Å². The second-order valence-corrected chi connectivity index (χ2v) is 19.3. The average Bonchev–Trinajstić information content (AvgIpc) is 3.84. The topological polar surface area (TPSA) is 140 Å². The number of rotatable bonds is 11. The molecule has 7 rings (SSSR count). The van der Waals surface area contributed by atoms with Crippen LogP contribution in [0.15, 0.2) is 54.0 Å². The van der Waals surface area contributed by atoms with Crippen LogP contribution in [0, 0.1) is 12.3 Å². The average molecular weight is 814 g/mol. The van der Waals surface area contributed by atoms with Crippen molar-refractivity contribution in [3.05, 3.63) is 65.3 Å². The molecule has 3 atom stereocenters. The minimum absolute atomic E-state index is 0.0377. The van der Waals surface area contributed by atoms with Crippen LogP contribution in [-0.4, -0.2) is 137 Å². The van der Waals surface area contributed by atoms with E-state index in [0.717, 1.165) is 66.4 Å². The van der Waals surface area contributed by atoms with Crippen LogP contribution in [0.3, 0.4) is 0 Å². The molecule has 3 N–H and O–H groups in total. The van der Waals surface area contributed by atoms with Crippen molar-refractivity contribution < 1.29 is 28.8 Å². The van der Waals surface area contributed by atoms with Crippen molar-refractivity contribution in [1.82, 2.24) is 30.3 Å². The number of likely N-dealkylation sites (tertiary alicyclic amines) is 2. The number of aromatic nitrogens is 1. The molecule has 15 heteroatoms. The van der Waals surface area contributed by atoms with Gasteiger partial charge in [-0.1, -0.05) is 57.2 Å². The molecule has 4 saturated heterocycles. The zero-order chi connectivity index (χ0) is 41.6. The highest BCUT2D eigenvalue weighted by Crippen LogP contribution is 2.37. The number of aryl methyl sites for hydroxylation is 1. The maximum absolute atomic E-state index is 14.1. The lowest BCUT2D eigenvalue weighted by Gasteiger charge is -2.48. The summed E-state index contributed by atoms with van der Waals surface area (Å²) in [5.74, 6) is -0.906. The van der Waals surface area contributed by atoms with Gasteiger partial charge in [-0.15, -0.1) is 11.3 Å². The van der Waals surface area contributed by atoms with Gasteiger partial charge in [0.05, 0.1) is 39.9 Å². The first-order valence-electron chi connectivity index (χ1n) is 20.6. The molecule has 0 aliphatic carbocycles. The van der Waals surface area contributed by atoms with Crippen LogP contribution in [0.1, 0.15) is 66.1 Å². The Hall–Kier alpha value is -3.86. The van der Waals surface area contributed by atoms with E-state index in [4.69, 9.17) is 9.31 Å². The summed E-state index contributed by atoms with van der Waals surface area (Å²) in [6, 6.07) is 15.2. The number of thiazole rings is 1. The number of carbonyl (C=O) groups excluding carboxylic acids is 3. The molecule has 0 radical (unpaired) electrons. The Labute approximate surface area is 347 Å². The van der Waals surface area contributed by atoms with Crippen molar-refractivity contribution in [2.24, 2.45) is 5.41 Å². The summed E-state index contributed by atoms with van der Waals surface area (Å²) in [6.07, 6.45) is -0.685. The van der Waals surface area contributed by atoms with Crippen molar-refractivity contribution in [2.75, 3.05) is 57.3 Å². The van der Waals surface area contributed by atoms with Gasteiger partial charge in [-0.2, -0.15) is 0 Å². The highest BCUT2D eigenvalue weighted by molar-refractivity contribution is 7.13. The first-order valence-corrected chi connectivity index (χ1v) is 21.5. The van der Waals surface area contributed by atoms with E-state index in [1.54, 1.807) is 11.3 Å². The van der Waals surface area contributed by atoms with Crippen LogP contribution in [-0.2, 0) is 30.2 Å². The molecule has 4 fully saturated rings. The molecule has 0 bridgehead atoms. The number of amides is 3. The van der Waals surface area contributed by atoms with Gasteiger partial charge in [-0.05, 0) is 68.8 Å². The van der Waals surface area contributed by atoms with Crippen LogP contribution in [0.2, 0.25) is 0 Å². The lowest BCUT2D eigenvalue weighted by Crippen LogP contribution is -2.65. The van der Waals surface area contributed by atoms with Crippen LogP contribution < -0.4 is 21.0 Å².